The van der Waals surface area contributed by atoms with Crippen LogP contribution in [-0.4, -0.2) is 48.0 Å². The highest BCUT2D eigenvalue weighted by molar-refractivity contribution is 6.08. The van der Waals surface area contributed by atoms with Crippen LogP contribution in [-0.2, 0) is 0 Å². The Morgan fingerprint density at radius 2 is 2.08 bits per heavy atom. The molecule has 0 aliphatic heterocycles. The lowest BCUT2D eigenvalue weighted by atomic mass is 10.1. The Morgan fingerprint density at radius 3 is 2.76 bits per heavy atom. The summed E-state index contributed by atoms with van der Waals surface area (Å²) < 4.78 is 0. The fourth-order valence-corrected chi connectivity index (χ4v) is 2.34. The average molecular weight is 341 g/mol. The number of carbonyl (C=O) groups is 1. The number of hydrogen-bond acceptors (Lipinski definition) is 5. The molecule has 0 unspecified atom stereocenters. The topological polar surface area (TPSA) is 85.4 Å². The molecule has 6 nitrogen and oxygen atoms in total. The Kier molecular flexibility index (Phi) is 6.14. The number of nitrogens with zero attached hydrogens (tertiary/aromatic N) is 1. The van der Waals surface area contributed by atoms with Crippen LogP contribution in [0.4, 0.5) is 5.69 Å². The number of carbonyl (C=O) groups excluding carboxylic acids is 1. The van der Waals surface area contributed by atoms with E-state index in [4.69, 9.17) is 0 Å². The zero-order valence-corrected chi connectivity index (χ0v) is 14.7. The normalized spacial score (nSPS) is 11.2. The highest BCUT2D eigenvalue weighted by Gasteiger charge is 2.13. The van der Waals surface area contributed by atoms with Gasteiger partial charge in [0, 0.05) is 24.5 Å². The van der Waals surface area contributed by atoms with E-state index in [1.807, 2.05) is 38.4 Å². The van der Waals surface area contributed by atoms with Crippen molar-refractivity contribution in [2.45, 2.75) is 6.92 Å². The third-order valence-electron chi connectivity index (χ3n) is 3.60. The maximum absolute atomic E-state index is 12.2. The molecule has 132 valence electrons. The number of nitrogens with one attached hydrogen (secondary N) is 2. The first-order valence-electron chi connectivity index (χ1n) is 8.01. The summed E-state index contributed by atoms with van der Waals surface area (Å²) in [5.74, 6) is -0.847. The molecule has 1 aromatic carbocycles. The summed E-state index contributed by atoms with van der Waals surface area (Å²) in [6.07, 6.45) is 2.91. The third-order valence-corrected chi connectivity index (χ3v) is 3.60. The van der Waals surface area contributed by atoms with Gasteiger partial charge >= 0.3 is 0 Å². The quantitative estimate of drug-likeness (QED) is 0.531. The van der Waals surface area contributed by atoms with Crippen LogP contribution in [0.25, 0.3) is 6.08 Å². The van der Waals surface area contributed by atoms with E-state index in [9.17, 15) is 14.7 Å². The van der Waals surface area contributed by atoms with Gasteiger partial charge in [-0.15, -0.1) is 0 Å². The van der Waals surface area contributed by atoms with Gasteiger partial charge < -0.3 is 20.3 Å². The van der Waals surface area contributed by atoms with E-state index in [1.54, 1.807) is 13.0 Å². The highest BCUT2D eigenvalue weighted by Crippen LogP contribution is 2.16. The van der Waals surface area contributed by atoms with E-state index >= 15 is 0 Å². The molecule has 25 heavy (non-hydrogen) atoms. The number of H-pyrrole nitrogens is 1. The molecule has 0 bridgehead atoms. The lowest BCUT2D eigenvalue weighted by Crippen LogP contribution is -2.20. The van der Waals surface area contributed by atoms with Crippen molar-refractivity contribution in [3.05, 3.63) is 63.6 Å². The smallest absolute Gasteiger partial charge is 0.263 e. The molecule has 1 aromatic heterocycles. The van der Waals surface area contributed by atoms with Gasteiger partial charge in [0.1, 0.15) is 11.3 Å². The number of aromatic nitrogens is 1. The lowest BCUT2D eigenvalue weighted by Gasteiger charge is -2.11. The molecule has 1 heterocycles. The van der Waals surface area contributed by atoms with Crippen molar-refractivity contribution < 1.29 is 9.90 Å². The molecular formula is C19H23N3O3. The minimum atomic E-state index is -0.591. The summed E-state index contributed by atoms with van der Waals surface area (Å²) >= 11 is 0. The number of anilines is 1. The number of aromatic hydroxyl groups is 1. The fraction of sp³-hybridized carbons (Fsp3) is 0.263. The largest absolute Gasteiger partial charge is 0.507 e. The van der Waals surface area contributed by atoms with Crippen molar-refractivity contribution in [3.8, 4) is 5.75 Å². The zero-order valence-electron chi connectivity index (χ0n) is 14.7. The molecule has 6 heteroatoms. The molecule has 0 fully saturated rings. The molecule has 0 amide bonds. The van der Waals surface area contributed by atoms with Crippen LogP contribution >= 0.6 is 0 Å². The Hall–Kier alpha value is -2.86. The SMILES string of the molecule is Cc1cc(O)c(C(=O)C=Cc2cccc(NCCN(C)C)c2)c(=O)[nH]1. The predicted molar refractivity (Wildman–Crippen MR) is 100 cm³/mol. The number of benzene rings is 1. The second-order valence-electron chi connectivity index (χ2n) is 6.09. The molecule has 2 aromatic rings. The minimum absolute atomic E-state index is 0.248. The standard InChI is InChI=1S/C19H23N3O3/c1-13-11-17(24)18(19(25)21-13)16(23)8-7-14-5-4-6-15(12-14)20-9-10-22(2)3/h4-8,11-12,20H,9-10H2,1-3H3,(H2,21,24,25). The number of ketones is 1. The van der Waals surface area contributed by atoms with Gasteiger partial charge in [0.2, 0.25) is 0 Å². The van der Waals surface area contributed by atoms with Crippen molar-refractivity contribution in [3.63, 3.8) is 0 Å². The van der Waals surface area contributed by atoms with Crippen LogP contribution in [0.2, 0.25) is 0 Å². The van der Waals surface area contributed by atoms with Gasteiger partial charge in [-0.3, -0.25) is 9.59 Å². The number of hydrogen-bond donors (Lipinski definition) is 3. The van der Waals surface area contributed by atoms with Crippen molar-refractivity contribution in [1.29, 1.82) is 0 Å². The van der Waals surface area contributed by atoms with Crippen molar-refractivity contribution in [2.24, 2.45) is 0 Å². The van der Waals surface area contributed by atoms with Gasteiger partial charge in [-0.1, -0.05) is 18.2 Å². The monoisotopic (exact) mass is 341 g/mol. The summed E-state index contributed by atoms with van der Waals surface area (Å²) in [5.41, 5.74) is 1.44. The van der Waals surface area contributed by atoms with E-state index < -0.39 is 11.3 Å². The number of pyridine rings is 1. The lowest BCUT2D eigenvalue weighted by molar-refractivity contribution is 0.104. The van der Waals surface area contributed by atoms with Gasteiger partial charge in [-0.25, -0.2) is 0 Å². The Morgan fingerprint density at radius 1 is 1.32 bits per heavy atom. The molecule has 0 radical (unpaired) electrons. The van der Waals surface area contributed by atoms with E-state index in [-0.39, 0.29) is 11.3 Å². The number of likely N-dealkylation sites (N-methyl/N-ethyl adjacent to an activating group) is 1. The zero-order chi connectivity index (χ0) is 18.4. The fourth-order valence-electron chi connectivity index (χ4n) is 2.34. The molecule has 0 spiro atoms. The van der Waals surface area contributed by atoms with E-state index in [1.165, 1.54) is 12.1 Å². The van der Waals surface area contributed by atoms with Crippen LogP contribution in [0.1, 0.15) is 21.6 Å². The molecule has 0 saturated carbocycles. The van der Waals surface area contributed by atoms with E-state index in [0.29, 0.717) is 5.69 Å². The maximum atomic E-state index is 12.2. The third kappa shape index (κ3) is 5.32. The van der Waals surface area contributed by atoms with Gasteiger partial charge in [0.25, 0.3) is 5.56 Å². The van der Waals surface area contributed by atoms with Crippen LogP contribution in [0, 0.1) is 6.92 Å². The first kappa shape index (κ1) is 18.5. The molecule has 0 aliphatic carbocycles. The second-order valence-corrected chi connectivity index (χ2v) is 6.09. The molecule has 0 aliphatic rings. The second kappa shape index (κ2) is 8.30. The number of aromatic amines is 1. The minimum Gasteiger partial charge on any atom is -0.507 e. The number of aryl methyl sites for hydroxylation is 1. The van der Waals surface area contributed by atoms with Crippen LogP contribution < -0.4 is 10.9 Å². The van der Waals surface area contributed by atoms with Crippen LogP contribution in [0.15, 0.2) is 41.2 Å². The van der Waals surface area contributed by atoms with Gasteiger partial charge in [-0.2, -0.15) is 0 Å². The molecule has 2 rings (SSSR count). The summed E-state index contributed by atoms with van der Waals surface area (Å²) in [5, 5.41) is 13.1. The predicted octanol–water partition coefficient (Wildman–Crippen LogP) is 2.26. The van der Waals surface area contributed by atoms with Crippen molar-refractivity contribution >= 4 is 17.5 Å². The summed E-state index contributed by atoms with van der Waals surface area (Å²) in [6, 6.07) is 8.97. The molecule has 0 atom stereocenters. The Bertz CT molecular complexity index is 838. The van der Waals surface area contributed by atoms with Crippen LogP contribution in [0.5, 0.6) is 5.75 Å². The van der Waals surface area contributed by atoms with E-state index in [2.05, 4.69) is 15.2 Å². The van der Waals surface area contributed by atoms with Crippen LogP contribution in [0.3, 0.4) is 0 Å². The first-order valence-corrected chi connectivity index (χ1v) is 8.01. The molecular weight excluding hydrogens is 318 g/mol. The van der Waals surface area contributed by atoms with Crippen molar-refractivity contribution in [2.75, 3.05) is 32.5 Å². The first-order chi connectivity index (χ1) is 11.9. The number of rotatable bonds is 7. The highest BCUT2D eigenvalue weighted by atomic mass is 16.3. The summed E-state index contributed by atoms with van der Waals surface area (Å²) in [4.78, 5) is 28.7. The van der Waals surface area contributed by atoms with E-state index in [0.717, 1.165) is 24.3 Å². The van der Waals surface area contributed by atoms with Gasteiger partial charge in [0.15, 0.2) is 5.78 Å². The molecule has 3 N–H and O–H groups in total. The van der Waals surface area contributed by atoms with Gasteiger partial charge in [-0.05, 0) is 50.9 Å². The summed E-state index contributed by atoms with van der Waals surface area (Å²) in [6.45, 7) is 3.36. The van der Waals surface area contributed by atoms with Crippen molar-refractivity contribution in [1.82, 2.24) is 9.88 Å². The average Bonchev–Trinajstić information content (AvgIpc) is 2.52. The maximum Gasteiger partial charge on any atom is 0.263 e. The summed E-state index contributed by atoms with van der Waals surface area (Å²) in [7, 11) is 4.02. The Balaban J connectivity index is 2.11. The Labute approximate surface area is 146 Å². The number of allylic oxidation sites excluding steroid dienone is 1. The van der Waals surface area contributed by atoms with Gasteiger partial charge in [0.05, 0.1) is 0 Å². The molecule has 0 saturated heterocycles.